The van der Waals surface area contributed by atoms with Crippen LogP contribution >= 0.6 is 0 Å². The number of hydrogen-bond donors (Lipinski definition) is 1. The highest BCUT2D eigenvalue weighted by molar-refractivity contribution is 5.98. The number of likely N-dealkylation sites (tertiary alicyclic amines) is 1. The summed E-state index contributed by atoms with van der Waals surface area (Å²) in [6, 6.07) is 7.49. The fourth-order valence-corrected chi connectivity index (χ4v) is 3.94. The number of carbonyl (C=O) groups excluding carboxylic acids is 1. The number of aryl methyl sites for hydroxylation is 1. The number of rotatable bonds is 4. The maximum absolute atomic E-state index is 13.5. The first-order valence-corrected chi connectivity index (χ1v) is 10.3. The molecular weight excluding hydrogens is 421 g/mol. The van der Waals surface area contributed by atoms with Crippen LogP contribution in [0.4, 0.5) is 19.0 Å². The van der Waals surface area contributed by atoms with Crippen LogP contribution in [-0.4, -0.2) is 49.4 Å². The van der Waals surface area contributed by atoms with Crippen molar-refractivity contribution in [1.82, 2.24) is 24.9 Å². The second-order valence-electron chi connectivity index (χ2n) is 7.90. The number of nitrogens with one attached hydrogen (secondary N) is 1. The number of hydrogen-bond acceptors (Lipinski definition) is 5. The fraction of sp³-hybridized carbons (Fsp3) is 0.364. The standard InChI is InChI=1S/C22H23F3N6O/c1-14-5-7-17(19(12-14)31-27-9-10-28-31)21(32)30-11-3-4-18(15(30)2)29-20-8-6-16(13-26-20)22(23,24)25/h5-10,12-13,15,18H,3-4,11H2,1-2H3,(H,26,29). The van der Waals surface area contributed by atoms with Gasteiger partial charge in [0.2, 0.25) is 0 Å². The summed E-state index contributed by atoms with van der Waals surface area (Å²) in [4.78, 5) is 20.6. The Hall–Kier alpha value is -3.43. The molecule has 2 aromatic heterocycles. The molecule has 32 heavy (non-hydrogen) atoms. The van der Waals surface area contributed by atoms with Gasteiger partial charge in [-0.1, -0.05) is 6.07 Å². The quantitative estimate of drug-likeness (QED) is 0.656. The molecule has 1 saturated heterocycles. The van der Waals surface area contributed by atoms with Crippen LogP contribution in [0.2, 0.25) is 0 Å². The molecule has 0 spiro atoms. The van der Waals surface area contributed by atoms with Gasteiger partial charge in [0, 0.05) is 24.8 Å². The van der Waals surface area contributed by atoms with Gasteiger partial charge in [-0.25, -0.2) is 4.98 Å². The van der Waals surface area contributed by atoms with Gasteiger partial charge in [0.15, 0.2) is 0 Å². The Morgan fingerprint density at radius 3 is 2.56 bits per heavy atom. The molecule has 3 aromatic rings. The molecule has 1 fully saturated rings. The van der Waals surface area contributed by atoms with E-state index in [0.717, 1.165) is 30.7 Å². The van der Waals surface area contributed by atoms with Crippen molar-refractivity contribution >= 4 is 11.7 Å². The number of carbonyl (C=O) groups is 1. The molecule has 1 aliphatic rings. The molecule has 1 N–H and O–H groups in total. The number of alkyl halides is 3. The molecule has 2 atom stereocenters. The van der Waals surface area contributed by atoms with Gasteiger partial charge in [-0.05, 0) is 56.5 Å². The van der Waals surface area contributed by atoms with Gasteiger partial charge in [-0.15, -0.1) is 0 Å². The molecule has 10 heteroatoms. The molecule has 4 rings (SSSR count). The zero-order chi connectivity index (χ0) is 22.9. The fourth-order valence-electron chi connectivity index (χ4n) is 3.94. The first kappa shape index (κ1) is 21.8. The molecule has 0 aliphatic carbocycles. The van der Waals surface area contributed by atoms with Crippen LogP contribution in [-0.2, 0) is 6.18 Å². The van der Waals surface area contributed by atoms with E-state index in [1.54, 1.807) is 23.4 Å². The highest BCUT2D eigenvalue weighted by Gasteiger charge is 2.34. The third-order valence-corrected chi connectivity index (χ3v) is 5.69. The number of pyridine rings is 1. The first-order chi connectivity index (χ1) is 15.2. The summed E-state index contributed by atoms with van der Waals surface area (Å²) >= 11 is 0. The Kier molecular flexibility index (Phi) is 5.86. The van der Waals surface area contributed by atoms with Crippen molar-refractivity contribution in [3.05, 3.63) is 65.6 Å². The second-order valence-corrected chi connectivity index (χ2v) is 7.90. The molecular formula is C22H23F3N6O. The summed E-state index contributed by atoms with van der Waals surface area (Å²) in [6.07, 6.45) is 1.02. The first-order valence-electron chi connectivity index (χ1n) is 10.3. The smallest absolute Gasteiger partial charge is 0.365 e. The summed E-state index contributed by atoms with van der Waals surface area (Å²) in [7, 11) is 0. The predicted octanol–water partition coefficient (Wildman–Crippen LogP) is 4.09. The van der Waals surface area contributed by atoms with Crippen LogP contribution in [0.15, 0.2) is 48.9 Å². The molecule has 0 saturated carbocycles. The highest BCUT2D eigenvalue weighted by Crippen LogP contribution is 2.30. The molecule has 1 amide bonds. The molecule has 168 valence electrons. The number of aromatic nitrogens is 4. The van der Waals surface area contributed by atoms with Crippen LogP contribution in [0, 0.1) is 6.92 Å². The Balaban J connectivity index is 1.54. The van der Waals surface area contributed by atoms with Crippen LogP contribution < -0.4 is 5.32 Å². The Bertz CT molecular complexity index is 1080. The summed E-state index contributed by atoms with van der Waals surface area (Å²) in [6.45, 7) is 4.44. The summed E-state index contributed by atoms with van der Waals surface area (Å²) in [5, 5.41) is 11.5. The van der Waals surface area contributed by atoms with E-state index < -0.39 is 11.7 Å². The minimum Gasteiger partial charge on any atom is -0.365 e. The lowest BCUT2D eigenvalue weighted by atomic mass is 9.96. The molecule has 2 unspecified atom stereocenters. The molecule has 3 heterocycles. The SMILES string of the molecule is Cc1ccc(C(=O)N2CCCC(Nc3ccc(C(F)(F)F)cn3)C2C)c(-n2nccn2)c1. The Morgan fingerprint density at radius 1 is 1.16 bits per heavy atom. The number of halogens is 3. The van der Waals surface area contributed by atoms with Gasteiger partial charge < -0.3 is 10.2 Å². The van der Waals surface area contributed by atoms with Crippen LogP contribution in [0.1, 0.15) is 41.3 Å². The molecule has 1 aliphatic heterocycles. The predicted molar refractivity (Wildman–Crippen MR) is 112 cm³/mol. The lowest BCUT2D eigenvalue weighted by Gasteiger charge is -2.40. The van der Waals surface area contributed by atoms with Gasteiger partial charge in [-0.3, -0.25) is 4.79 Å². The molecule has 7 nitrogen and oxygen atoms in total. The minimum atomic E-state index is -4.43. The van der Waals surface area contributed by atoms with Crippen molar-refractivity contribution in [1.29, 1.82) is 0 Å². The van der Waals surface area contributed by atoms with E-state index in [2.05, 4.69) is 20.5 Å². The number of nitrogens with zero attached hydrogens (tertiary/aromatic N) is 5. The van der Waals surface area contributed by atoms with E-state index in [4.69, 9.17) is 0 Å². The third kappa shape index (κ3) is 4.44. The molecule has 1 aromatic carbocycles. The van der Waals surface area contributed by atoms with Gasteiger partial charge in [-0.2, -0.15) is 28.2 Å². The summed E-state index contributed by atoms with van der Waals surface area (Å²) in [5.41, 5.74) is 1.28. The van der Waals surface area contributed by atoms with Crippen molar-refractivity contribution in [2.45, 2.75) is 44.9 Å². The van der Waals surface area contributed by atoms with E-state index in [9.17, 15) is 18.0 Å². The van der Waals surface area contributed by atoms with Crippen molar-refractivity contribution in [2.75, 3.05) is 11.9 Å². The number of anilines is 1. The van der Waals surface area contributed by atoms with Gasteiger partial charge in [0.1, 0.15) is 5.82 Å². The van der Waals surface area contributed by atoms with E-state index in [1.807, 2.05) is 26.0 Å². The van der Waals surface area contributed by atoms with E-state index in [1.165, 1.54) is 10.9 Å². The van der Waals surface area contributed by atoms with Crippen molar-refractivity contribution in [3.8, 4) is 5.69 Å². The number of amides is 1. The molecule has 0 radical (unpaired) electrons. The van der Waals surface area contributed by atoms with E-state index in [-0.39, 0.29) is 18.0 Å². The Morgan fingerprint density at radius 2 is 1.91 bits per heavy atom. The lowest BCUT2D eigenvalue weighted by molar-refractivity contribution is -0.137. The second kappa shape index (κ2) is 8.60. The van der Waals surface area contributed by atoms with Gasteiger partial charge in [0.05, 0.1) is 29.2 Å². The zero-order valence-electron chi connectivity index (χ0n) is 17.7. The van der Waals surface area contributed by atoms with Gasteiger partial charge in [0.25, 0.3) is 5.91 Å². The Labute approximate surface area is 183 Å². The van der Waals surface area contributed by atoms with Crippen LogP contribution in [0.3, 0.4) is 0 Å². The number of benzene rings is 1. The van der Waals surface area contributed by atoms with Gasteiger partial charge >= 0.3 is 6.18 Å². The normalized spacial score (nSPS) is 19.1. The monoisotopic (exact) mass is 444 g/mol. The topological polar surface area (TPSA) is 75.9 Å². The zero-order valence-corrected chi connectivity index (χ0v) is 17.7. The summed E-state index contributed by atoms with van der Waals surface area (Å²) < 4.78 is 38.4. The minimum absolute atomic E-state index is 0.142. The maximum Gasteiger partial charge on any atom is 0.417 e. The summed E-state index contributed by atoms with van der Waals surface area (Å²) in [5.74, 6) is 0.206. The van der Waals surface area contributed by atoms with Crippen molar-refractivity contribution in [2.24, 2.45) is 0 Å². The van der Waals surface area contributed by atoms with E-state index in [0.29, 0.717) is 23.6 Å². The van der Waals surface area contributed by atoms with E-state index >= 15 is 0 Å². The lowest BCUT2D eigenvalue weighted by Crippen LogP contribution is -2.52. The maximum atomic E-state index is 13.5. The average molecular weight is 444 g/mol. The third-order valence-electron chi connectivity index (χ3n) is 5.69. The average Bonchev–Trinajstić information content (AvgIpc) is 3.29. The van der Waals surface area contributed by atoms with Crippen LogP contribution in [0.5, 0.6) is 0 Å². The number of piperidine rings is 1. The van der Waals surface area contributed by atoms with Crippen molar-refractivity contribution < 1.29 is 18.0 Å². The highest BCUT2D eigenvalue weighted by atomic mass is 19.4. The van der Waals surface area contributed by atoms with Crippen LogP contribution in [0.25, 0.3) is 5.69 Å². The van der Waals surface area contributed by atoms with Crippen molar-refractivity contribution in [3.63, 3.8) is 0 Å². The largest absolute Gasteiger partial charge is 0.417 e. The molecule has 0 bridgehead atoms.